The quantitative estimate of drug-likeness (QED) is 0.470. The number of hydrogen-bond donors (Lipinski definition) is 0. The van der Waals surface area contributed by atoms with Crippen molar-refractivity contribution in [3.63, 3.8) is 0 Å². The van der Waals surface area contributed by atoms with Gasteiger partial charge >= 0.3 is 17.8 Å². The molecule has 0 aliphatic heterocycles. The molecule has 0 unspecified atom stereocenters. The van der Waals surface area contributed by atoms with Crippen LogP contribution in [0.15, 0.2) is 5.38 Å². The second-order valence-corrected chi connectivity index (χ2v) is 3.69. The van der Waals surface area contributed by atoms with Gasteiger partial charge in [-0.15, -0.1) is 11.3 Å². The second kappa shape index (κ2) is 5.96. The van der Waals surface area contributed by atoms with Gasteiger partial charge in [-0.1, -0.05) is 0 Å². The number of thiophene rings is 1. The summed E-state index contributed by atoms with van der Waals surface area (Å²) in [5, 5.41) is 11.8. The summed E-state index contributed by atoms with van der Waals surface area (Å²) in [7, 11) is 1.11. The van der Waals surface area contributed by atoms with Gasteiger partial charge in [-0.25, -0.2) is 9.59 Å². The summed E-state index contributed by atoms with van der Waals surface area (Å²) >= 11 is 0.748. The van der Waals surface area contributed by atoms with Crippen LogP contribution in [0.25, 0.3) is 0 Å². The van der Waals surface area contributed by atoms with E-state index in [1.807, 2.05) is 0 Å². The maximum absolute atomic E-state index is 11.3. The third kappa shape index (κ3) is 2.94. The van der Waals surface area contributed by atoms with Crippen LogP contribution in [0.5, 0.6) is 5.75 Å². The molecule has 0 bridgehead atoms. The summed E-state index contributed by atoms with van der Waals surface area (Å²) in [4.78, 5) is 32.3. The van der Waals surface area contributed by atoms with Crippen molar-refractivity contribution >= 4 is 29.1 Å². The van der Waals surface area contributed by atoms with Gasteiger partial charge in [0.2, 0.25) is 5.75 Å². The molecule has 0 saturated heterocycles. The highest BCUT2D eigenvalue weighted by molar-refractivity contribution is 7.12. The van der Waals surface area contributed by atoms with Crippen molar-refractivity contribution in [1.82, 2.24) is 0 Å². The third-order valence-electron chi connectivity index (χ3n) is 1.74. The van der Waals surface area contributed by atoms with Crippen LogP contribution < -0.4 is 4.74 Å². The minimum atomic E-state index is -1.12. The zero-order valence-electron chi connectivity index (χ0n) is 9.50. The molecule has 0 atom stereocenters. The van der Waals surface area contributed by atoms with E-state index in [0.717, 1.165) is 23.8 Å². The molecule has 0 saturated carbocycles. The summed E-state index contributed by atoms with van der Waals surface area (Å²) in [6.45, 7) is 1.59. The molecule has 0 radical (unpaired) electrons. The molecule has 98 valence electrons. The van der Waals surface area contributed by atoms with Gasteiger partial charge in [0, 0.05) is 0 Å². The second-order valence-electron chi connectivity index (χ2n) is 2.81. The van der Waals surface area contributed by atoms with Crippen LogP contribution >= 0.6 is 11.3 Å². The Balaban J connectivity index is 3.11. The summed E-state index contributed by atoms with van der Waals surface area (Å²) in [5.41, 5.74) is -0.492. The summed E-state index contributed by atoms with van der Waals surface area (Å²) in [6, 6.07) is 0. The average molecular weight is 275 g/mol. The van der Waals surface area contributed by atoms with E-state index in [9.17, 15) is 19.7 Å². The molecule has 1 aromatic rings. The minimum Gasteiger partial charge on any atom is -0.465 e. The van der Waals surface area contributed by atoms with Gasteiger partial charge in [-0.3, -0.25) is 10.1 Å². The van der Waals surface area contributed by atoms with Crippen molar-refractivity contribution in [1.29, 1.82) is 0 Å². The summed E-state index contributed by atoms with van der Waals surface area (Å²) in [6.07, 6.45) is -1.12. The molecular weight excluding hydrogens is 266 g/mol. The molecular formula is C9H9NO7S. The van der Waals surface area contributed by atoms with E-state index >= 15 is 0 Å². The Hall–Kier alpha value is -2.16. The highest BCUT2D eigenvalue weighted by atomic mass is 32.1. The molecule has 0 aliphatic carbocycles. The lowest BCUT2D eigenvalue weighted by molar-refractivity contribution is -0.385. The van der Waals surface area contributed by atoms with E-state index in [0.29, 0.717) is 0 Å². The first-order valence-electron chi connectivity index (χ1n) is 4.70. The van der Waals surface area contributed by atoms with Crippen LogP contribution in [0.3, 0.4) is 0 Å². The minimum absolute atomic E-state index is 0.0460. The molecule has 0 N–H and O–H groups in total. The zero-order valence-corrected chi connectivity index (χ0v) is 10.3. The van der Waals surface area contributed by atoms with E-state index < -0.39 is 28.5 Å². The third-order valence-corrected chi connectivity index (χ3v) is 2.67. The number of nitrogens with zero attached hydrogens (tertiary/aromatic N) is 1. The molecule has 0 amide bonds. The van der Waals surface area contributed by atoms with E-state index in [4.69, 9.17) is 0 Å². The molecule has 8 nitrogen and oxygen atoms in total. The zero-order chi connectivity index (χ0) is 13.7. The number of ether oxygens (including phenoxy) is 3. The van der Waals surface area contributed by atoms with Crippen molar-refractivity contribution in [2.75, 3.05) is 13.7 Å². The number of esters is 1. The molecule has 0 fully saturated rings. The molecule has 1 rings (SSSR count). The van der Waals surface area contributed by atoms with Gasteiger partial charge in [0.25, 0.3) is 0 Å². The van der Waals surface area contributed by atoms with Crippen molar-refractivity contribution in [2.45, 2.75) is 6.92 Å². The van der Waals surface area contributed by atoms with Crippen LogP contribution in [0, 0.1) is 10.1 Å². The van der Waals surface area contributed by atoms with Gasteiger partial charge in [-0.05, 0) is 6.92 Å². The summed E-state index contributed by atoms with van der Waals surface area (Å²) < 4.78 is 13.6. The molecule has 0 aromatic carbocycles. The maximum atomic E-state index is 11.3. The highest BCUT2D eigenvalue weighted by Crippen LogP contribution is 2.37. The number of nitro groups is 1. The highest BCUT2D eigenvalue weighted by Gasteiger charge is 2.29. The van der Waals surface area contributed by atoms with E-state index in [-0.39, 0.29) is 11.5 Å². The van der Waals surface area contributed by atoms with Gasteiger partial charge < -0.3 is 14.2 Å². The Morgan fingerprint density at radius 2 is 2.17 bits per heavy atom. The number of hydrogen-bond acceptors (Lipinski definition) is 8. The predicted octanol–water partition coefficient (Wildman–Crippen LogP) is 1.98. The molecule has 1 aromatic heterocycles. The van der Waals surface area contributed by atoms with Crippen LogP contribution in [0.1, 0.15) is 16.6 Å². The van der Waals surface area contributed by atoms with E-state index in [2.05, 4.69) is 14.2 Å². The number of rotatable bonds is 4. The largest absolute Gasteiger partial charge is 0.514 e. The molecule has 1 heterocycles. The van der Waals surface area contributed by atoms with E-state index in [1.165, 1.54) is 0 Å². The smallest absolute Gasteiger partial charge is 0.465 e. The predicted molar refractivity (Wildman–Crippen MR) is 60.0 cm³/mol. The number of carbonyl (C=O) groups is 2. The maximum Gasteiger partial charge on any atom is 0.514 e. The monoisotopic (exact) mass is 275 g/mol. The Morgan fingerprint density at radius 1 is 1.50 bits per heavy atom. The van der Waals surface area contributed by atoms with Crippen LogP contribution in [-0.2, 0) is 9.47 Å². The Labute approximate surface area is 105 Å². The van der Waals surface area contributed by atoms with Crippen LogP contribution in [0.4, 0.5) is 10.5 Å². The van der Waals surface area contributed by atoms with Crippen molar-refractivity contribution in [2.24, 2.45) is 0 Å². The number of methoxy groups -OCH3 is 1. The fourth-order valence-corrected chi connectivity index (χ4v) is 1.88. The van der Waals surface area contributed by atoms with Crippen molar-refractivity contribution in [3.8, 4) is 5.75 Å². The fraction of sp³-hybridized carbons (Fsp3) is 0.333. The SMILES string of the molecule is CCOC(=O)Oc1c([N+](=O)[O-])csc1C(=O)OC. The topological polar surface area (TPSA) is 105 Å². The number of carbonyl (C=O) groups excluding carboxylic acids is 2. The first-order chi connectivity index (χ1) is 8.51. The van der Waals surface area contributed by atoms with Gasteiger partial charge in [0.05, 0.1) is 24.0 Å². The van der Waals surface area contributed by atoms with Gasteiger partial charge in [-0.2, -0.15) is 0 Å². The Kier molecular flexibility index (Phi) is 4.60. The standard InChI is InChI=1S/C9H9NO7S/c1-3-16-9(12)17-6-5(10(13)14)4-18-7(6)8(11)15-2/h4H,3H2,1-2H3. The first kappa shape index (κ1) is 13.9. The fourth-order valence-electron chi connectivity index (χ4n) is 1.03. The van der Waals surface area contributed by atoms with Crippen molar-refractivity contribution < 1.29 is 28.7 Å². The Bertz CT molecular complexity index is 481. The lowest BCUT2D eigenvalue weighted by Crippen LogP contribution is -2.12. The lowest BCUT2D eigenvalue weighted by Gasteiger charge is -2.03. The molecule has 0 aliphatic rings. The van der Waals surface area contributed by atoms with Gasteiger partial charge in [0.1, 0.15) is 0 Å². The molecule has 18 heavy (non-hydrogen) atoms. The average Bonchev–Trinajstić information content (AvgIpc) is 2.72. The van der Waals surface area contributed by atoms with Crippen LogP contribution in [-0.4, -0.2) is 30.8 Å². The Morgan fingerprint density at radius 3 is 2.67 bits per heavy atom. The first-order valence-corrected chi connectivity index (χ1v) is 5.58. The van der Waals surface area contributed by atoms with E-state index in [1.54, 1.807) is 6.92 Å². The lowest BCUT2D eigenvalue weighted by atomic mass is 10.4. The molecule has 0 spiro atoms. The molecule has 9 heteroatoms. The van der Waals surface area contributed by atoms with Crippen LogP contribution in [0.2, 0.25) is 0 Å². The normalized spacial score (nSPS) is 9.67. The van der Waals surface area contributed by atoms with Crippen molar-refractivity contribution in [3.05, 3.63) is 20.4 Å². The summed E-state index contributed by atoms with van der Waals surface area (Å²) in [5.74, 6) is -1.29. The van der Waals surface area contributed by atoms with Gasteiger partial charge in [0.15, 0.2) is 4.88 Å².